The molecule has 108 valence electrons. The zero-order chi connectivity index (χ0) is 12.7. The molecule has 2 heteroatoms. The molecule has 2 N–H and O–H groups in total. The van der Waals surface area contributed by atoms with Crippen LogP contribution in [0.15, 0.2) is 0 Å². The molecule has 4 bridgehead atoms. The third kappa shape index (κ3) is 2.58. The molecule has 4 saturated carbocycles. The van der Waals surface area contributed by atoms with Gasteiger partial charge >= 0.3 is 0 Å². The second kappa shape index (κ2) is 5.04. The van der Waals surface area contributed by atoms with Gasteiger partial charge in [-0.15, -0.1) is 0 Å². The molecule has 5 fully saturated rings. The molecule has 0 aromatic heterocycles. The van der Waals surface area contributed by atoms with Gasteiger partial charge < -0.3 is 10.6 Å². The van der Waals surface area contributed by atoms with Gasteiger partial charge in [-0.05, 0) is 81.1 Å². The standard InChI is InChI=1S/C17H30N2/c1-2-4-19-16(3-1)11-18-12-17-8-13-5-14(9-17)7-15(6-13)10-17/h13-16,18-19H,1-12H2. The Bertz CT molecular complexity index is 284. The first kappa shape index (κ1) is 12.6. The van der Waals surface area contributed by atoms with E-state index in [-0.39, 0.29) is 0 Å². The van der Waals surface area contributed by atoms with Crippen molar-refractivity contribution in [2.75, 3.05) is 19.6 Å². The lowest BCUT2D eigenvalue weighted by molar-refractivity contribution is -0.0514. The third-order valence-electron chi connectivity index (χ3n) is 6.47. The Morgan fingerprint density at radius 2 is 1.63 bits per heavy atom. The summed E-state index contributed by atoms with van der Waals surface area (Å²) in [5.74, 6) is 3.29. The smallest absolute Gasteiger partial charge is 0.0192 e. The van der Waals surface area contributed by atoms with Crippen LogP contribution in [0.25, 0.3) is 0 Å². The molecular formula is C17H30N2. The topological polar surface area (TPSA) is 24.1 Å². The molecule has 0 aromatic carbocycles. The molecule has 0 aromatic rings. The molecular weight excluding hydrogens is 232 g/mol. The quantitative estimate of drug-likeness (QED) is 0.814. The van der Waals surface area contributed by atoms with Crippen molar-refractivity contribution < 1.29 is 0 Å². The number of nitrogens with one attached hydrogen (secondary N) is 2. The van der Waals surface area contributed by atoms with E-state index in [0.29, 0.717) is 5.41 Å². The van der Waals surface area contributed by atoms with E-state index in [1.165, 1.54) is 38.9 Å². The van der Waals surface area contributed by atoms with Crippen molar-refractivity contribution in [1.29, 1.82) is 0 Å². The highest BCUT2D eigenvalue weighted by Crippen LogP contribution is 2.59. The molecule has 2 nitrogen and oxygen atoms in total. The summed E-state index contributed by atoms with van der Waals surface area (Å²) in [5, 5.41) is 7.51. The van der Waals surface area contributed by atoms with Gasteiger partial charge in [-0.2, -0.15) is 0 Å². The monoisotopic (exact) mass is 262 g/mol. The lowest BCUT2D eigenvalue weighted by atomic mass is 9.49. The number of hydrogen-bond acceptors (Lipinski definition) is 2. The Balaban J connectivity index is 1.30. The van der Waals surface area contributed by atoms with Crippen LogP contribution in [-0.4, -0.2) is 25.7 Å². The van der Waals surface area contributed by atoms with Gasteiger partial charge in [0, 0.05) is 19.1 Å². The normalized spacial score (nSPS) is 48.6. The lowest BCUT2D eigenvalue weighted by Gasteiger charge is -2.57. The maximum atomic E-state index is 3.85. The highest BCUT2D eigenvalue weighted by Gasteiger charge is 2.50. The average Bonchev–Trinajstić information content (AvgIpc) is 2.38. The summed E-state index contributed by atoms with van der Waals surface area (Å²) in [6, 6.07) is 0.752. The average molecular weight is 262 g/mol. The number of piperidine rings is 1. The highest BCUT2D eigenvalue weighted by atomic mass is 15.0. The summed E-state index contributed by atoms with van der Waals surface area (Å²) in [6.45, 7) is 3.76. The van der Waals surface area contributed by atoms with Gasteiger partial charge in [0.15, 0.2) is 0 Å². The zero-order valence-corrected chi connectivity index (χ0v) is 12.3. The summed E-state index contributed by atoms with van der Waals surface area (Å²) < 4.78 is 0. The largest absolute Gasteiger partial charge is 0.315 e. The van der Waals surface area contributed by atoms with Crippen molar-refractivity contribution >= 4 is 0 Å². The SMILES string of the molecule is C1CCC(CNCC23CC4CC(CC(C4)C2)C3)NC1. The van der Waals surface area contributed by atoms with Crippen molar-refractivity contribution in [2.24, 2.45) is 23.2 Å². The van der Waals surface area contributed by atoms with Crippen molar-refractivity contribution in [1.82, 2.24) is 10.6 Å². The fourth-order valence-electron chi connectivity index (χ4n) is 6.12. The van der Waals surface area contributed by atoms with Gasteiger partial charge in [0.2, 0.25) is 0 Å². The minimum Gasteiger partial charge on any atom is -0.315 e. The van der Waals surface area contributed by atoms with Crippen LogP contribution in [0, 0.1) is 23.2 Å². The van der Waals surface area contributed by atoms with Crippen molar-refractivity contribution in [2.45, 2.75) is 63.8 Å². The van der Waals surface area contributed by atoms with E-state index in [0.717, 1.165) is 23.8 Å². The predicted molar refractivity (Wildman–Crippen MR) is 79.1 cm³/mol. The van der Waals surface area contributed by atoms with Crippen LogP contribution in [0.4, 0.5) is 0 Å². The van der Waals surface area contributed by atoms with Crippen molar-refractivity contribution in [3.8, 4) is 0 Å². The van der Waals surface area contributed by atoms with E-state index in [1.54, 1.807) is 38.5 Å². The molecule has 5 aliphatic rings. The fraction of sp³-hybridized carbons (Fsp3) is 1.00. The predicted octanol–water partition coefficient (Wildman–Crippen LogP) is 2.93. The minimum absolute atomic E-state index is 0.712. The van der Waals surface area contributed by atoms with Crippen LogP contribution in [0.3, 0.4) is 0 Å². The zero-order valence-electron chi connectivity index (χ0n) is 12.3. The number of hydrogen-bond donors (Lipinski definition) is 2. The summed E-state index contributed by atoms with van der Waals surface area (Å²) in [5.41, 5.74) is 0.712. The van der Waals surface area contributed by atoms with Crippen molar-refractivity contribution in [3.05, 3.63) is 0 Å². The van der Waals surface area contributed by atoms with Crippen LogP contribution < -0.4 is 10.6 Å². The van der Waals surface area contributed by atoms with E-state index < -0.39 is 0 Å². The van der Waals surface area contributed by atoms with E-state index >= 15 is 0 Å². The van der Waals surface area contributed by atoms with Crippen LogP contribution in [0.2, 0.25) is 0 Å². The summed E-state index contributed by atoms with van der Waals surface area (Å²) in [7, 11) is 0. The first-order chi connectivity index (χ1) is 9.31. The molecule has 1 atom stereocenters. The van der Waals surface area contributed by atoms with Gasteiger partial charge in [-0.3, -0.25) is 0 Å². The molecule has 1 heterocycles. The lowest BCUT2D eigenvalue weighted by Crippen LogP contribution is -2.52. The van der Waals surface area contributed by atoms with Crippen LogP contribution in [0.1, 0.15) is 57.8 Å². The van der Waals surface area contributed by atoms with E-state index in [4.69, 9.17) is 0 Å². The van der Waals surface area contributed by atoms with Gasteiger partial charge in [-0.1, -0.05) is 6.42 Å². The summed E-state index contributed by atoms with van der Waals surface area (Å²) in [4.78, 5) is 0. The van der Waals surface area contributed by atoms with Crippen LogP contribution >= 0.6 is 0 Å². The Kier molecular flexibility index (Phi) is 3.35. The Morgan fingerprint density at radius 1 is 0.947 bits per heavy atom. The maximum Gasteiger partial charge on any atom is 0.0192 e. The van der Waals surface area contributed by atoms with Crippen LogP contribution in [0.5, 0.6) is 0 Å². The fourth-order valence-corrected chi connectivity index (χ4v) is 6.12. The molecule has 4 aliphatic carbocycles. The van der Waals surface area contributed by atoms with Crippen LogP contribution in [-0.2, 0) is 0 Å². The van der Waals surface area contributed by atoms with E-state index in [2.05, 4.69) is 10.6 Å². The maximum absolute atomic E-state index is 3.85. The van der Waals surface area contributed by atoms with Gasteiger partial charge in [0.05, 0.1) is 0 Å². The molecule has 1 aliphatic heterocycles. The Morgan fingerprint density at radius 3 is 2.21 bits per heavy atom. The Labute approximate surface area is 118 Å². The number of rotatable bonds is 4. The van der Waals surface area contributed by atoms with Crippen molar-refractivity contribution in [3.63, 3.8) is 0 Å². The first-order valence-corrected chi connectivity index (χ1v) is 8.75. The minimum atomic E-state index is 0.712. The molecule has 1 saturated heterocycles. The Hall–Kier alpha value is -0.0800. The third-order valence-corrected chi connectivity index (χ3v) is 6.47. The second-order valence-corrected chi connectivity index (χ2v) is 8.20. The summed E-state index contributed by atoms with van der Waals surface area (Å²) >= 11 is 0. The van der Waals surface area contributed by atoms with Gasteiger partial charge in [0.25, 0.3) is 0 Å². The van der Waals surface area contributed by atoms with Gasteiger partial charge in [0.1, 0.15) is 0 Å². The molecule has 5 rings (SSSR count). The molecule has 19 heavy (non-hydrogen) atoms. The summed E-state index contributed by atoms with van der Waals surface area (Å²) in [6.07, 6.45) is 13.5. The second-order valence-electron chi connectivity index (χ2n) is 8.20. The van der Waals surface area contributed by atoms with Gasteiger partial charge in [-0.25, -0.2) is 0 Å². The molecule has 1 unspecified atom stereocenters. The molecule has 0 spiro atoms. The first-order valence-electron chi connectivity index (χ1n) is 8.75. The molecule has 0 amide bonds. The van der Waals surface area contributed by atoms with E-state index in [9.17, 15) is 0 Å². The molecule has 0 radical (unpaired) electrons. The highest BCUT2D eigenvalue weighted by molar-refractivity contribution is 5.02. The van der Waals surface area contributed by atoms with E-state index in [1.807, 2.05) is 0 Å².